The minimum absolute atomic E-state index is 0.213. The molecule has 4 nitrogen and oxygen atoms in total. The first-order valence-electron chi connectivity index (χ1n) is 8.51. The third-order valence-electron chi connectivity index (χ3n) is 4.69. The van der Waals surface area contributed by atoms with Gasteiger partial charge in [0.25, 0.3) is 0 Å². The largest absolute Gasteiger partial charge is 0.323 e. The maximum atomic E-state index is 12.8. The third kappa shape index (κ3) is 2.72. The summed E-state index contributed by atoms with van der Waals surface area (Å²) in [7, 11) is 0. The van der Waals surface area contributed by atoms with Crippen LogP contribution >= 0.6 is 12.2 Å². The zero-order valence-electron chi connectivity index (χ0n) is 15.9. The van der Waals surface area contributed by atoms with Crippen LogP contribution in [0.1, 0.15) is 33.4 Å². The lowest BCUT2D eigenvalue weighted by Gasteiger charge is -2.24. The molecular formula is C21H22N2O2S. The number of thiocarbonyl (C=S) groups is 1. The molecule has 0 bridgehead atoms. The summed E-state index contributed by atoms with van der Waals surface area (Å²) in [4.78, 5) is 28.4. The highest BCUT2D eigenvalue weighted by atomic mass is 32.1. The smallest absolute Gasteiger partial charge is 0.263 e. The highest BCUT2D eigenvalue weighted by molar-refractivity contribution is 7.81. The van der Waals surface area contributed by atoms with E-state index in [9.17, 15) is 9.59 Å². The van der Waals surface area contributed by atoms with Gasteiger partial charge in [-0.15, -0.1) is 0 Å². The van der Waals surface area contributed by atoms with E-state index in [2.05, 4.69) is 0 Å². The van der Waals surface area contributed by atoms with Crippen LogP contribution in [-0.4, -0.2) is 16.9 Å². The predicted molar refractivity (Wildman–Crippen MR) is 109 cm³/mol. The highest BCUT2D eigenvalue weighted by Gasteiger charge is 2.45. The van der Waals surface area contributed by atoms with Gasteiger partial charge in [0.2, 0.25) is 0 Å². The average Bonchev–Trinajstić information content (AvgIpc) is 2.71. The molecule has 1 aliphatic rings. The van der Waals surface area contributed by atoms with Crippen molar-refractivity contribution in [3.63, 3.8) is 0 Å². The van der Waals surface area contributed by atoms with E-state index >= 15 is 0 Å². The first-order chi connectivity index (χ1) is 12.1. The monoisotopic (exact) mass is 366 g/mol. The second-order valence-electron chi connectivity index (χ2n) is 7.06. The molecular weight excluding hydrogens is 344 g/mol. The molecule has 2 amide bonds. The van der Waals surface area contributed by atoms with E-state index < -0.39 is 11.8 Å². The number of aryl methyl sites for hydroxylation is 6. The van der Waals surface area contributed by atoms with Gasteiger partial charge in [-0.3, -0.25) is 9.59 Å². The summed E-state index contributed by atoms with van der Waals surface area (Å²) >= 11 is 5.59. The van der Waals surface area contributed by atoms with E-state index in [4.69, 9.17) is 12.2 Å². The van der Waals surface area contributed by atoms with Crippen molar-refractivity contribution < 1.29 is 9.59 Å². The van der Waals surface area contributed by atoms with Crippen molar-refractivity contribution in [3.05, 3.63) is 57.6 Å². The van der Waals surface area contributed by atoms with Crippen LogP contribution in [0, 0.1) is 41.5 Å². The number of hydrogen-bond donors (Lipinski definition) is 0. The van der Waals surface area contributed by atoms with Crippen LogP contribution < -0.4 is 9.80 Å². The first kappa shape index (κ1) is 18.3. The van der Waals surface area contributed by atoms with Gasteiger partial charge in [0.1, 0.15) is 0 Å². The molecule has 0 radical (unpaired) electrons. The first-order valence-corrected chi connectivity index (χ1v) is 8.92. The highest BCUT2D eigenvalue weighted by Crippen LogP contribution is 2.35. The van der Waals surface area contributed by atoms with Gasteiger partial charge in [-0.25, -0.2) is 9.80 Å². The number of nitrogens with zero attached hydrogens (tertiary/aromatic N) is 2. The quantitative estimate of drug-likeness (QED) is 0.591. The van der Waals surface area contributed by atoms with Crippen LogP contribution in [0.25, 0.3) is 0 Å². The fourth-order valence-corrected chi connectivity index (χ4v) is 4.26. The van der Waals surface area contributed by atoms with Gasteiger partial charge in [0, 0.05) is 0 Å². The summed E-state index contributed by atoms with van der Waals surface area (Å²) < 4.78 is 0. The van der Waals surface area contributed by atoms with Crippen LogP contribution in [0.5, 0.6) is 0 Å². The Kier molecular flexibility index (Phi) is 4.44. The van der Waals surface area contributed by atoms with E-state index in [-0.39, 0.29) is 5.11 Å². The van der Waals surface area contributed by atoms with Crippen molar-refractivity contribution in [3.8, 4) is 0 Å². The molecule has 0 N–H and O–H groups in total. The number of carbonyl (C=O) groups excluding carboxylic acids is 2. The van der Waals surface area contributed by atoms with E-state index in [1.807, 2.05) is 65.8 Å². The molecule has 0 aromatic heterocycles. The minimum Gasteiger partial charge on any atom is -0.263 e. The normalized spacial score (nSPS) is 14.6. The van der Waals surface area contributed by atoms with Crippen molar-refractivity contribution in [1.82, 2.24) is 0 Å². The maximum Gasteiger partial charge on any atom is 0.323 e. The Labute approximate surface area is 159 Å². The molecule has 0 aliphatic carbocycles. The zero-order chi connectivity index (χ0) is 19.3. The van der Waals surface area contributed by atoms with Gasteiger partial charge in [-0.05, 0) is 76.0 Å². The average molecular weight is 366 g/mol. The SMILES string of the molecule is Cc1cc(C)c(N2C(=O)C(=O)N(c3c(C)cc(C)cc3C)C2=S)c(C)c1. The van der Waals surface area contributed by atoms with Gasteiger partial charge in [0.05, 0.1) is 11.4 Å². The second kappa shape index (κ2) is 6.32. The van der Waals surface area contributed by atoms with Gasteiger partial charge in [0.15, 0.2) is 5.11 Å². The maximum absolute atomic E-state index is 12.8. The van der Waals surface area contributed by atoms with Crippen LogP contribution in [0.4, 0.5) is 11.4 Å². The molecule has 134 valence electrons. The van der Waals surface area contributed by atoms with Crippen LogP contribution in [0.3, 0.4) is 0 Å². The Morgan fingerprint density at radius 2 is 0.885 bits per heavy atom. The van der Waals surface area contributed by atoms with Crippen molar-refractivity contribution in [2.45, 2.75) is 41.5 Å². The second-order valence-corrected chi connectivity index (χ2v) is 7.42. The van der Waals surface area contributed by atoms with Crippen molar-refractivity contribution in [1.29, 1.82) is 0 Å². The van der Waals surface area contributed by atoms with Crippen molar-refractivity contribution in [2.24, 2.45) is 0 Å². The van der Waals surface area contributed by atoms with Gasteiger partial charge in [-0.1, -0.05) is 35.4 Å². The minimum atomic E-state index is -0.607. The Hall–Kier alpha value is -2.53. The molecule has 1 fully saturated rings. The third-order valence-corrected chi connectivity index (χ3v) is 5.05. The molecule has 1 aliphatic heterocycles. The Balaban J connectivity index is 2.17. The van der Waals surface area contributed by atoms with Crippen molar-refractivity contribution >= 4 is 40.5 Å². The summed E-state index contributed by atoms with van der Waals surface area (Å²) in [6, 6.07) is 7.98. The fourth-order valence-electron chi connectivity index (χ4n) is 3.91. The fraction of sp³-hybridized carbons (Fsp3) is 0.286. The number of rotatable bonds is 2. The summed E-state index contributed by atoms with van der Waals surface area (Å²) in [5, 5.41) is 0.213. The molecule has 1 heterocycles. The Morgan fingerprint density at radius 1 is 0.615 bits per heavy atom. The van der Waals surface area contributed by atoms with Crippen LogP contribution in [-0.2, 0) is 9.59 Å². The predicted octanol–water partition coefficient (Wildman–Crippen LogP) is 4.20. The molecule has 26 heavy (non-hydrogen) atoms. The Morgan fingerprint density at radius 3 is 1.15 bits per heavy atom. The van der Waals surface area contributed by atoms with E-state index in [0.29, 0.717) is 11.4 Å². The standard InChI is InChI=1S/C21H22N2O2S/c1-11-7-13(3)17(14(4)8-11)22-19(24)20(25)23(21(22)26)18-15(5)9-12(2)10-16(18)6/h7-10H,1-6H3. The lowest BCUT2D eigenvalue weighted by molar-refractivity contribution is -0.133. The lowest BCUT2D eigenvalue weighted by Crippen LogP contribution is -2.34. The number of benzene rings is 2. The number of hydrogen-bond acceptors (Lipinski definition) is 3. The number of amides is 2. The van der Waals surface area contributed by atoms with E-state index in [0.717, 1.165) is 33.4 Å². The molecule has 0 spiro atoms. The topological polar surface area (TPSA) is 40.6 Å². The van der Waals surface area contributed by atoms with Crippen LogP contribution in [0.15, 0.2) is 24.3 Å². The summed E-state index contributed by atoms with van der Waals surface area (Å²) in [6.07, 6.45) is 0. The lowest BCUT2D eigenvalue weighted by atomic mass is 10.0. The molecule has 0 saturated carbocycles. The zero-order valence-corrected chi connectivity index (χ0v) is 16.7. The van der Waals surface area contributed by atoms with Gasteiger partial charge in [-0.2, -0.15) is 0 Å². The van der Waals surface area contributed by atoms with Gasteiger partial charge < -0.3 is 0 Å². The molecule has 2 aromatic rings. The van der Waals surface area contributed by atoms with E-state index in [1.165, 1.54) is 9.80 Å². The molecule has 5 heteroatoms. The molecule has 2 aromatic carbocycles. The summed E-state index contributed by atoms with van der Waals surface area (Å²) in [5.41, 5.74) is 7.29. The summed E-state index contributed by atoms with van der Waals surface area (Å²) in [5.74, 6) is -1.21. The van der Waals surface area contributed by atoms with E-state index in [1.54, 1.807) is 0 Å². The number of carbonyl (C=O) groups is 2. The number of anilines is 2. The Bertz CT molecular complexity index is 854. The molecule has 1 saturated heterocycles. The molecule has 0 atom stereocenters. The summed E-state index contributed by atoms with van der Waals surface area (Å²) in [6.45, 7) is 11.7. The van der Waals surface area contributed by atoms with Gasteiger partial charge >= 0.3 is 11.8 Å². The molecule has 0 unspecified atom stereocenters. The van der Waals surface area contributed by atoms with Crippen molar-refractivity contribution in [2.75, 3.05) is 9.80 Å². The van der Waals surface area contributed by atoms with Crippen LogP contribution in [0.2, 0.25) is 0 Å². The molecule has 3 rings (SSSR count).